The average molecular weight is 253 g/mol. The number of hydrogen-bond acceptors (Lipinski definition) is 5. The van der Waals surface area contributed by atoms with Crippen molar-refractivity contribution in [2.24, 2.45) is 5.92 Å². The van der Waals surface area contributed by atoms with Crippen molar-refractivity contribution < 1.29 is 19.7 Å². The van der Waals surface area contributed by atoms with Crippen LogP contribution in [0.15, 0.2) is 18.2 Å². The second-order valence-electron chi connectivity index (χ2n) is 4.41. The first-order valence-corrected chi connectivity index (χ1v) is 5.78. The lowest BCUT2D eigenvalue weighted by atomic mass is 10.0. The molecule has 0 radical (unpaired) electrons. The highest BCUT2D eigenvalue weighted by molar-refractivity contribution is 5.75. The molecule has 0 aromatic heterocycles. The van der Waals surface area contributed by atoms with Crippen LogP contribution in [0.3, 0.4) is 0 Å². The standard InChI is InChI=1S/C13H19NO4/c1-8(2)11(13(17)18-3)14-7-9-5-4-6-10(15)12(9)16/h4-6,8,11,14-16H,7H2,1-3H3. The molecule has 0 aliphatic heterocycles. The maximum Gasteiger partial charge on any atom is 0.323 e. The molecule has 1 atom stereocenters. The van der Waals surface area contributed by atoms with Gasteiger partial charge in [-0.2, -0.15) is 0 Å². The Labute approximate surface area is 106 Å². The van der Waals surface area contributed by atoms with Crippen molar-refractivity contribution in [2.45, 2.75) is 26.4 Å². The molecule has 3 N–H and O–H groups in total. The molecule has 1 aromatic carbocycles. The molecule has 0 saturated carbocycles. The average Bonchev–Trinajstić information content (AvgIpc) is 2.33. The second-order valence-corrected chi connectivity index (χ2v) is 4.41. The van der Waals surface area contributed by atoms with Crippen LogP contribution in [0.25, 0.3) is 0 Å². The molecule has 5 heteroatoms. The molecule has 0 bridgehead atoms. The quantitative estimate of drug-likeness (QED) is 0.546. The molecular formula is C13H19NO4. The number of phenolic OH excluding ortho intramolecular Hbond substituents is 2. The number of methoxy groups -OCH3 is 1. The van der Waals surface area contributed by atoms with Crippen molar-refractivity contribution in [3.8, 4) is 11.5 Å². The highest BCUT2D eigenvalue weighted by atomic mass is 16.5. The predicted molar refractivity (Wildman–Crippen MR) is 67.3 cm³/mol. The minimum atomic E-state index is -0.447. The molecule has 0 saturated heterocycles. The lowest BCUT2D eigenvalue weighted by molar-refractivity contribution is -0.144. The van der Waals surface area contributed by atoms with Gasteiger partial charge in [-0.25, -0.2) is 0 Å². The molecule has 18 heavy (non-hydrogen) atoms. The number of aromatic hydroxyl groups is 2. The van der Waals surface area contributed by atoms with E-state index in [0.717, 1.165) is 0 Å². The highest BCUT2D eigenvalue weighted by Crippen LogP contribution is 2.28. The van der Waals surface area contributed by atoms with Crippen molar-refractivity contribution in [3.05, 3.63) is 23.8 Å². The van der Waals surface area contributed by atoms with E-state index in [0.29, 0.717) is 5.56 Å². The Morgan fingerprint density at radius 1 is 1.39 bits per heavy atom. The molecule has 0 spiro atoms. The number of carbonyl (C=O) groups excluding carboxylic acids is 1. The van der Waals surface area contributed by atoms with E-state index in [-0.39, 0.29) is 29.9 Å². The molecule has 1 unspecified atom stereocenters. The normalized spacial score (nSPS) is 12.4. The third-order valence-corrected chi connectivity index (χ3v) is 2.73. The van der Waals surface area contributed by atoms with E-state index < -0.39 is 6.04 Å². The van der Waals surface area contributed by atoms with Crippen molar-refractivity contribution in [1.29, 1.82) is 0 Å². The van der Waals surface area contributed by atoms with Crippen LogP contribution < -0.4 is 5.32 Å². The molecule has 5 nitrogen and oxygen atoms in total. The molecule has 0 fully saturated rings. The summed E-state index contributed by atoms with van der Waals surface area (Å²) < 4.78 is 4.70. The maximum atomic E-state index is 11.5. The molecule has 1 aromatic rings. The van der Waals surface area contributed by atoms with Gasteiger partial charge in [-0.1, -0.05) is 26.0 Å². The lowest BCUT2D eigenvalue weighted by Crippen LogP contribution is -2.41. The number of esters is 1. The van der Waals surface area contributed by atoms with Gasteiger partial charge in [-0.3, -0.25) is 10.1 Å². The summed E-state index contributed by atoms with van der Waals surface area (Å²) >= 11 is 0. The number of hydrogen-bond donors (Lipinski definition) is 3. The van der Waals surface area contributed by atoms with E-state index in [1.807, 2.05) is 13.8 Å². The molecule has 100 valence electrons. The molecular weight excluding hydrogens is 234 g/mol. The van der Waals surface area contributed by atoms with Crippen LogP contribution in [0.2, 0.25) is 0 Å². The highest BCUT2D eigenvalue weighted by Gasteiger charge is 2.22. The smallest absolute Gasteiger partial charge is 0.323 e. The van der Waals surface area contributed by atoms with Crippen molar-refractivity contribution in [1.82, 2.24) is 5.32 Å². The number of para-hydroxylation sites is 1. The SMILES string of the molecule is COC(=O)C(NCc1cccc(O)c1O)C(C)C. The Hall–Kier alpha value is -1.75. The zero-order valence-corrected chi connectivity index (χ0v) is 10.8. The summed E-state index contributed by atoms with van der Waals surface area (Å²) in [5.74, 6) is -0.618. The van der Waals surface area contributed by atoms with Crippen molar-refractivity contribution >= 4 is 5.97 Å². The van der Waals surface area contributed by atoms with Gasteiger partial charge in [-0.05, 0) is 12.0 Å². The van der Waals surface area contributed by atoms with Crippen LogP contribution in [-0.2, 0) is 16.1 Å². The van der Waals surface area contributed by atoms with Gasteiger partial charge in [0.2, 0.25) is 0 Å². The summed E-state index contributed by atoms with van der Waals surface area (Å²) in [5, 5.41) is 22.0. The molecule has 1 rings (SSSR count). The number of carbonyl (C=O) groups is 1. The Kier molecular flexibility index (Phi) is 4.97. The summed E-state index contributed by atoms with van der Waals surface area (Å²) in [7, 11) is 1.34. The summed E-state index contributed by atoms with van der Waals surface area (Å²) in [6.45, 7) is 4.08. The monoisotopic (exact) mass is 253 g/mol. The Morgan fingerprint density at radius 2 is 2.06 bits per heavy atom. The molecule has 0 aliphatic carbocycles. The van der Waals surface area contributed by atoms with E-state index >= 15 is 0 Å². The minimum Gasteiger partial charge on any atom is -0.504 e. The second kappa shape index (κ2) is 6.26. The first-order valence-electron chi connectivity index (χ1n) is 5.78. The van der Waals surface area contributed by atoms with Gasteiger partial charge in [0.1, 0.15) is 6.04 Å². The number of benzene rings is 1. The third-order valence-electron chi connectivity index (χ3n) is 2.73. The molecule has 0 amide bonds. The zero-order valence-electron chi connectivity index (χ0n) is 10.8. The number of nitrogens with one attached hydrogen (secondary N) is 1. The van der Waals surface area contributed by atoms with Gasteiger partial charge in [0, 0.05) is 12.1 Å². The van der Waals surface area contributed by atoms with Gasteiger partial charge in [-0.15, -0.1) is 0 Å². The Bertz CT molecular complexity index is 417. The van der Waals surface area contributed by atoms with E-state index in [2.05, 4.69) is 5.32 Å². The number of ether oxygens (including phenoxy) is 1. The summed E-state index contributed by atoms with van der Waals surface area (Å²) in [6.07, 6.45) is 0. The number of phenols is 2. The van der Waals surface area contributed by atoms with Gasteiger partial charge in [0.15, 0.2) is 11.5 Å². The Morgan fingerprint density at radius 3 is 2.61 bits per heavy atom. The lowest BCUT2D eigenvalue weighted by Gasteiger charge is -2.20. The minimum absolute atomic E-state index is 0.0666. The topological polar surface area (TPSA) is 78.8 Å². The zero-order chi connectivity index (χ0) is 13.7. The van der Waals surface area contributed by atoms with Crippen molar-refractivity contribution in [2.75, 3.05) is 7.11 Å². The fraction of sp³-hybridized carbons (Fsp3) is 0.462. The fourth-order valence-corrected chi connectivity index (χ4v) is 1.66. The fourth-order valence-electron chi connectivity index (χ4n) is 1.66. The first-order chi connectivity index (χ1) is 8.47. The summed E-state index contributed by atoms with van der Waals surface area (Å²) in [4.78, 5) is 11.5. The van der Waals surface area contributed by atoms with Crippen LogP contribution in [0.4, 0.5) is 0 Å². The number of rotatable bonds is 5. The van der Waals surface area contributed by atoms with E-state index in [1.165, 1.54) is 13.2 Å². The Balaban J connectivity index is 2.73. The predicted octanol–water partition coefficient (Wildman–Crippen LogP) is 1.38. The van der Waals surface area contributed by atoms with Crippen molar-refractivity contribution in [3.63, 3.8) is 0 Å². The third kappa shape index (κ3) is 3.37. The molecule has 0 heterocycles. The van der Waals surface area contributed by atoms with Crippen LogP contribution in [0, 0.1) is 5.92 Å². The van der Waals surface area contributed by atoms with Crippen LogP contribution in [0.1, 0.15) is 19.4 Å². The molecule has 0 aliphatic rings. The van der Waals surface area contributed by atoms with Gasteiger partial charge >= 0.3 is 5.97 Å². The first kappa shape index (κ1) is 14.3. The summed E-state index contributed by atoms with van der Waals surface area (Å²) in [6, 6.07) is 4.27. The maximum absolute atomic E-state index is 11.5. The van der Waals surface area contributed by atoms with E-state index in [9.17, 15) is 15.0 Å². The summed E-state index contributed by atoms with van der Waals surface area (Å²) in [5.41, 5.74) is 0.532. The van der Waals surface area contributed by atoms with Crippen LogP contribution >= 0.6 is 0 Å². The van der Waals surface area contributed by atoms with E-state index in [1.54, 1.807) is 12.1 Å². The van der Waals surface area contributed by atoms with Gasteiger partial charge < -0.3 is 14.9 Å². The van der Waals surface area contributed by atoms with Crippen LogP contribution in [0.5, 0.6) is 11.5 Å². The van der Waals surface area contributed by atoms with Crippen LogP contribution in [-0.4, -0.2) is 29.3 Å². The largest absolute Gasteiger partial charge is 0.504 e. The van der Waals surface area contributed by atoms with Gasteiger partial charge in [0.25, 0.3) is 0 Å². The van der Waals surface area contributed by atoms with E-state index in [4.69, 9.17) is 4.74 Å². The van der Waals surface area contributed by atoms with Gasteiger partial charge in [0.05, 0.1) is 7.11 Å².